The van der Waals surface area contributed by atoms with E-state index in [1.165, 1.54) is 12.8 Å². The molecule has 1 aromatic rings. The lowest BCUT2D eigenvalue weighted by Gasteiger charge is -2.34. The molecule has 1 aromatic heterocycles. The molecule has 0 aromatic carbocycles. The minimum absolute atomic E-state index is 0.00558. The van der Waals surface area contributed by atoms with Gasteiger partial charge in [-0.1, -0.05) is 5.16 Å². The Hall–Kier alpha value is -0.960. The van der Waals surface area contributed by atoms with Crippen molar-refractivity contribution >= 4 is 10.0 Å². The van der Waals surface area contributed by atoms with Crippen molar-refractivity contribution in [2.45, 2.75) is 56.9 Å². The van der Waals surface area contributed by atoms with Crippen molar-refractivity contribution in [2.24, 2.45) is 0 Å². The summed E-state index contributed by atoms with van der Waals surface area (Å²) in [5.74, 6) is 0.380. The minimum Gasteiger partial charge on any atom is -0.360 e. The van der Waals surface area contributed by atoms with Crippen LogP contribution in [0.15, 0.2) is 9.42 Å². The first-order chi connectivity index (χ1) is 12.0. The summed E-state index contributed by atoms with van der Waals surface area (Å²) >= 11 is 0. The van der Waals surface area contributed by atoms with E-state index in [2.05, 4.69) is 15.4 Å². The van der Waals surface area contributed by atoms with Crippen LogP contribution < -0.4 is 5.32 Å². The zero-order valence-corrected chi connectivity index (χ0v) is 16.1. The van der Waals surface area contributed by atoms with Gasteiger partial charge in [-0.05, 0) is 72.1 Å². The molecule has 2 saturated heterocycles. The maximum atomic E-state index is 13.3. The molecule has 1 atom stereocenters. The molecule has 8 heteroatoms. The Kier molecular flexibility index (Phi) is 6.14. The molecule has 1 N–H and O–H groups in total. The quantitative estimate of drug-likeness (QED) is 0.784. The Bertz CT molecular complexity index is 642. The lowest BCUT2D eigenvalue weighted by atomic mass is 10.1. The van der Waals surface area contributed by atoms with Gasteiger partial charge in [-0.2, -0.15) is 4.31 Å². The molecule has 2 aliphatic rings. The van der Waals surface area contributed by atoms with Crippen LogP contribution in [0.2, 0.25) is 0 Å². The van der Waals surface area contributed by atoms with Crippen LogP contribution >= 0.6 is 0 Å². The van der Waals surface area contributed by atoms with Gasteiger partial charge in [0, 0.05) is 19.1 Å². The lowest BCUT2D eigenvalue weighted by Crippen LogP contribution is -2.49. The summed E-state index contributed by atoms with van der Waals surface area (Å²) in [5.41, 5.74) is 0.450. The van der Waals surface area contributed by atoms with Gasteiger partial charge in [0.2, 0.25) is 10.0 Å². The van der Waals surface area contributed by atoms with Crippen LogP contribution in [0.3, 0.4) is 0 Å². The smallest absolute Gasteiger partial charge is 0.248 e. The Morgan fingerprint density at radius 3 is 2.64 bits per heavy atom. The summed E-state index contributed by atoms with van der Waals surface area (Å²) in [6, 6.07) is 0.00558. The molecule has 25 heavy (non-hydrogen) atoms. The van der Waals surface area contributed by atoms with E-state index in [0.717, 1.165) is 45.4 Å². The number of aromatic nitrogens is 1. The SMILES string of the molecule is Cc1noc(C)c1S(=O)(=O)N(CCCN1CCCC1)C1CCCNC1. The highest BCUT2D eigenvalue weighted by Gasteiger charge is 2.36. The Morgan fingerprint density at radius 1 is 1.28 bits per heavy atom. The Labute approximate surface area is 150 Å². The maximum Gasteiger partial charge on any atom is 0.248 e. The molecule has 2 fully saturated rings. The summed E-state index contributed by atoms with van der Waals surface area (Å²) in [5, 5.41) is 7.19. The zero-order valence-electron chi connectivity index (χ0n) is 15.3. The van der Waals surface area contributed by atoms with Gasteiger partial charge in [0.05, 0.1) is 0 Å². The van der Waals surface area contributed by atoms with E-state index in [0.29, 0.717) is 24.5 Å². The molecule has 0 bridgehead atoms. The third kappa shape index (κ3) is 4.24. The predicted molar refractivity (Wildman–Crippen MR) is 96.1 cm³/mol. The van der Waals surface area contributed by atoms with E-state index in [1.807, 2.05) is 0 Å². The van der Waals surface area contributed by atoms with Crippen LogP contribution in [-0.2, 0) is 10.0 Å². The van der Waals surface area contributed by atoms with Gasteiger partial charge < -0.3 is 14.7 Å². The van der Waals surface area contributed by atoms with Gasteiger partial charge in [0.15, 0.2) is 5.76 Å². The number of sulfonamides is 1. The van der Waals surface area contributed by atoms with Crippen LogP contribution in [0.25, 0.3) is 0 Å². The van der Waals surface area contributed by atoms with Crippen molar-refractivity contribution < 1.29 is 12.9 Å². The summed E-state index contributed by atoms with van der Waals surface area (Å²) in [4.78, 5) is 2.68. The Morgan fingerprint density at radius 2 is 2.04 bits per heavy atom. The highest BCUT2D eigenvalue weighted by atomic mass is 32.2. The first-order valence-electron chi connectivity index (χ1n) is 9.38. The first-order valence-corrected chi connectivity index (χ1v) is 10.8. The van der Waals surface area contributed by atoms with Gasteiger partial charge in [-0.25, -0.2) is 8.42 Å². The minimum atomic E-state index is -3.60. The number of likely N-dealkylation sites (tertiary alicyclic amines) is 1. The van der Waals surface area contributed by atoms with E-state index in [9.17, 15) is 8.42 Å². The number of aryl methyl sites for hydroxylation is 2. The van der Waals surface area contributed by atoms with Crippen molar-refractivity contribution in [3.63, 3.8) is 0 Å². The van der Waals surface area contributed by atoms with Crippen LogP contribution in [-0.4, -0.2) is 68.1 Å². The molecule has 3 rings (SSSR count). The molecule has 7 nitrogen and oxygen atoms in total. The summed E-state index contributed by atoms with van der Waals surface area (Å²) in [6.07, 6.45) is 5.28. The number of piperidine rings is 1. The van der Waals surface area contributed by atoms with Crippen molar-refractivity contribution in [1.82, 2.24) is 19.7 Å². The van der Waals surface area contributed by atoms with E-state index in [-0.39, 0.29) is 10.9 Å². The van der Waals surface area contributed by atoms with Gasteiger partial charge in [0.25, 0.3) is 0 Å². The topological polar surface area (TPSA) is 78.7 Å². The van der Waals surface area contributed by atoms with E-state index < -0.39 is 10.0 Å². The predicted octanol–water partition coefficient (Wildman–Crippen LogP) is 1.52. The van der Waals surface area contributed by atoms with E-state index >= 15 is 0 Å². The summed E-state index contributed by atoms with van der Waals surface area (Å²) < 4.78 is 33.5. The molecule has 1 unspecified atom stereocenters. The number of nitrogens with zero attached hydrogens (tertiary/aromatic N) is 3. The molecule has 0 spiro atoms. The normalized spacial score (nSPS) is 22.8. The fourth-order valence-electron chi connectivity index (χ4n) is 3.99. The number of rotatable bonds is 7. The third-order valence-corrected chi connectivity index (χ3v) is 7.46. The van der Waals surface area contributed by atoms with Crippen LogP contribution in [0, 0.1) is 13.8 Å². The molecule has 142 valence electrons. The second kappa shape index (κ2) is 8.16. The zero-order chi connectivity index (χ0) is 17.9. The summed E-state index contributed by atoms with van der Waals surface area (Å²) in [7, 11) is -3.60. The first kappa shape index (κ1) is 18.8. The van der Waals surface area contributed by atoms with Crippen molar-refractivity contribution in [1.29, 1.82) is 0 Å². The molecule has 0 amide bonds. The monoisotopic (exact) mass is 370 g/mol. The molecule has 0 saturated carbocycles. The maximum absolute atomic E-state index is 13.3. The molecule has 3 heterocycles. The average molecular weight is 371 g/mol. The lowest BCUT2D eigenvalue weighted by molar-refractivity contribution is 0.246. The largest absolute Gasteiger partial charge is 0.360 e. The molecule has 0 radical (unpaired) electrons. The van der Waals surface area contributed by atoms with Crippen LogP contribution in [0.5, 0.6) is 0 Å². The molecule has 0 aliphatic carbocycles. The van der Waals surface area contributed by atoms with Crippen molar-refractivity contribution in [3.8, 4) is 0 Å². The second-order valence-corrected chi connectivity index (χ2v) is 9.00. The highest BCUT2D eigenvalue weighted by Crippen LogP contribution is 2.27. The fraction of sp³-hybridized carbons (Fsp3) is 0.824. The second-order valence-electron chi connectivity index (χ2n) is 7.17. The summed E-state index contributed by atoms with van der Waals surface area (Å²) in [6.45, 7) is 8.85. The van der Waals surface area contributed by atoms with Crippen molar-refractivity contribution in [2.75, 3.05) is 39.3 Å². The number of nitrogens with one attached hydrogen (secondary N) is 1. The average Bonchev–Trinajstić information content (AvgIpc) is 3.22. The Balaban J connectivity index is 1.77. The van der Waals surface area contributed by atoms with Crippen molar-refractivity contribution in [3.05, 3.63) is 11.5 Å². The molecular weight excluding hydrogens is 340 g/mol. The highest BCUT2D eigenvalue weighted by molar-refractivity contribution is 7.89. The van der Waals surface area contributed by atoms with Gasteiger partial charge >= 0.3 is 0 Å². The number of hydrogen-bond donors (Lipinski definition) is 1. The van der Waals surface area contributed by atoms with E-state index in [1.54, 1.807) is 18.2 Å². The standard InChI is InChI=1S/C17H30N4O3S/c1-14-17(15(2)24-19-14)25(22,23)21(16-7-5-8-18-13-16)12-6-11-20-9-3-4-10-20/h16,18H,3-13H2,1-2H3. The number of hydrogen-bond acceptors (Lipinski definition) is 6. The van der Waals surface area contributed by atoms with Gasteiger partial charge in [-0.3, -0.25) is 0 Å². The van der Waals surface area contributed by atoms with E-state index in [4.69, 9.17) is 4.52 Å². The van der Waals surface area contributed by atoms with Crippen LogP contribution in [0.1, 0.15) is 43.6 Å². The third-order valence-electron chi connectivity index (χ3n) is 5.26. The fourth-order valence-corrected chi connectivity index (χ4v) is 5.98. The van der Waals surface area contributed by atoms with Gasteiger partial charge in [-0.15, -0.1) is 0 Å². The molecular formula is C17H30N4O3S. The van der Waals surface area contributed by atoms with Crippen LogP contribution in [0.4, 0.5) is 0 Å². The van der Waals surface area contributed by atoms with Gasteiger partial charge in [0.1, 0.15) is 10.6 Å². The molecule has 2 aliphatic heterocycles.